The summed E-state index contributed by atoms with van der Waals surface area (Å²) in [6, 6.07) is 0.895. The summed E-state index contributed by atoms with van der Waals surface area (Å²) in [6.45, 7) is 9.46. The largest absolute Gasteiger partial charge is 0.326 e. The minimum atomic E-state index is 0.233. The van der Waals surface area contributed by atoms with E-state index in [0.29, 0.717) is 22.9 Å². The lowest BCUT2D eigenvalue weighted by atomic mass is 9.41. The second-order valence-electron chi connectivity index (χ2n) is 8.23. The molecule has 3 N–H and O–H groups in total. The van der Waals surface area contributed by atoms with Gasteiger partial charge < -0.3 is 11.1 Å². The van der Waals surface area contributed by atoms with Crippen molar-refractivity contribution in [3.05, 3.63) is 0 Å². The maximum absolute atomic E-state index is 6.68. The van der Waals surface area contributed by atoms with Crippen molar-refractivity contribution in [2.75, 3.05) is 0 Å². The van der Waals surface area contributed by atoms with Crippen LogP contribution in [0.25, 0.3) is 0 Å². The number of hydrogen-bond acceptors (Lipinski definition) is 2. The minimum absolute atomic E-state index is 0.233. The van der Waals surface area contributed by atoms with Gasteiger partial charge >= 0.3 is 0 Å². The van der Waals surface area contributed by atoms with Crippen LogP contribution in [-0.2, 0) is 0 Å². The first-order valence-electron chi connectivity index (χ1n) is 7.30. The molecule has 4 aliphatic carbocycles. The van der Waals surface area contributed by atoms with E-state index in [9.17, 15) is 0 Å². The molecule has 0 spiro atoms. The Bertz CT molecular complexity index is 336. The van der Waals surface area contributed by atoms with Crippen LogP contribution in [0.1, 0.15) is 59.8 Å². The molecule has 0 heterocycles. The molecule has 4 rings (SSSR count). The van der Waals surface area contributed by atoms with Gasteiger partial charge in [0.2, 0.25) is 0 Å². The van der Waals surface area contributed by atoms with Crippen LogP contribution in [-0.4, -0.2) is 17.6 Å². The third kappa shape index (κ3) is 1.60. The predicted octanol–water partition coefficient (Wildman–Crippen LogP) is 2.67. The van der Waals surface area contributed by atoms with Gasteiger partial charge in [-0.15, -0.1) is 0 Å². The Kier molecular flexibility index (Phi) is 2.30. The van der Waals surface area contributed by atoms with Crippen molar-refractivity contribution in [3.63, 3.8) is 0 Å². The summed E-state index contributed by atoms with van der Waals surface area (Å²) in [7, 11) is 0. The molecule has 4 aliphatic rings. The molecule has 0 amide bonds. The Hall–Kier alpha value is -0.0800. The van der Waals surface area contributed by atoms with E-state index in [1.807, 2.05) is 0 Å². The number of rotatable bonds is 2. The van der Waals surface area contributed by atoms with E-state index in [-0.39, 0.29) is 5.54 Å². The molecule has 0 saturated heterocycles. The van der Waals surface area contributed by atoms with Crippen LogP contribution in [0.15, 0.2) is 0 Å². The molecule has 0 aromatic carbocycles. The Labute approximate surface area is 106 Å². The highest BCUT2D eigenvalue weighted by Gasteiger charge is 2.64. The molecular formula is C15H28N2. The van der Waals surface area contributed by atoms with Crippen molar-refractivity contribution in [3.8, 4) is 0 Å². The lowest BCUT2D eigenvalue weighted by Crippen LogP contribution is -2.75. The van der Waals surface area contributed by atoms with Gasteiger partial charge in [-0.05, 0) is 48.9 Å². The zero-order valence-corrected chi connectivity index (χ0v) is 11.8. The Morgan fingerprint density at radius 1 is 1.12 bits per heavy atom. The molecule has 0 aliphatic heterocycles. The zero-order valence-electron chi connectivity index (χ0n) is 11.8. The standard InChI is InChI=1S/C15H28N2/c1-10(2)17-15-7-11-5-13(3,9-15)8-14(4,6-11)12(15)16/h10-12,17H,5-9,16H2,1-4H3. The van der Waals surface area contributed by atoms with Crippen LogP contribution in [0, 0.1) is 16.7 Å². The molecule has 4 fully saturated rings. The van der Waals surface area contributed by atoms with Crippen LogP contribution in [0.3, 0.4) is 0 Å². The van der Waals surface area contributed by atoms with Gasteiger partial charge in [0, 0.05) is 17.6 Å². The molecule has 98 valence electrons. The monoisotopic (exact) mass is 236 g/mol. The van der Waals surface area contributed by atoms with Gasteiger partial charge in [0.25, 0.3) is 0 Å². The Balaban J connectivity index is 1.99. The van der Waals surface area contributed by atoms with E-state index >= 15 is 0 Å². The Morgan fingerprint density at radius 2 is 1.82 bits per heavy atom. The Morgan fingerprint density at radius 3 is 2.41 bits per heavy atom. The first-order chi connectivity index (χ1) is 7.77. The van der Waals surface area contributed by atoms with Gasteiger partial charge in [-0.1, -0.05) is 27.7 Å². The highest BCUT2D eigenvalue weighted by Crippen LogP contribution is 2.65. The van der Waals surface area contributed by atoms with Gasteiger partial charge in [-0.2, -0.15) is 0 Å². The molecule has 0 radical (unpaired) electrons. The van der Waals surface area contributed by atoms with Crippen LogP contribution in [0.2, 0.25) is 0 Å². The maximum Gasteiger partial charge on any atom is 0.0348 e. The minimum Gasteiger partial charge on any atom is -0.326 e. The molecule has 2 heteroatoms. The van der Waals surface area contributed by atoms with E-state index in [4.69, 9.17) is 5.73 Å². The average Bonchev–Trinajstić information content (AvgIpc) is 2.09. The molecule has 2 nitrogen and oxygen atoms in total. The van der Waals surface area contributed by atoms with E-state index < -0.39 is 0 Å². The molecule has 0 aromatic rings. The average molecular weight is 236 g/mol. The second kappa shape index (κ2) is 3.27. The molecule has 4 bridgehead atoms. The van der Waals surface area contributed by atoms with Crippen molar-refractivity contribution in [1.82, 2.24) is 5.32 Å². The summed E-state index contributed by atoms with van der Waals surface area (Å²) >= 11 is 0. The van der Waals surface area contributed by atoms with Gasteiger partial charge in [-0.3, -0.25) is 0 Å². The van der Waals surface area contributed by atoms with Crippen LogP contribution in [0.4, 0.5) is 0 Å². The first-order valence-corrected chi connectivity index (χ1v) is 7.30. The fourth-order valence-electron chi connectivity index (χ4n) is 6.09. The fraction of sp³-hybridized carbons (Fsp3) is 1.00. The van der Waals surface area contributed by atoms with Crippen molar-refractivity contribution in [2.45, 2.75) is 77.4 Å². The lowest BCUT2D eigenvalue weighted by Gasteiger charge is -2.69. The van der Waals surface area contributed by atoms with E-state index in [1.54, 1.807) is 0 Å². The number of hydrogen-bond donors (Lipinski definition) is 2. The van der Waals surface area contributed by atoms with E-state index in [0.717, 1.165) is 5.92 Å². The smallest absolute Gasteiger partial charge is 0.0348 e. The topological polar surface area (TPSA) is 38.0 Å². The van der Waals surface area contributed by atoms with Gasteiger partial charge in [0.05, 0.1) is 0 Å². The lowest BCUT2D eigenvalue weighted by molar-refractivity contribution is -0.135. The van der Waals surface area contributed by atoms with Crippen LogP contribution in [0.5, 0.6) is 0 Å². The van der Waals surface area contributed by atoms with Gasteiger partial charge in [0.15, 0.2) is 0 Å². The predicted molar refractivity (Wildman–Crippen MR) is 71.8 cm³/mol. The number of nitrogens with one attached hydrogen (secondary N) is 1. The zero-order chi connectivity index (χ0) is 12.5. The highest BCUT2D eigenvalue weighted by atomic mass is 15.1. The molecule has 0 aromatic heterocycles. The molecule has 17 heavy (non-hydrogen) atoms. The highest BCUT2D eigenvalue weighted by molar-refractivity contribution is 5.20. The third-order valence-electron chi connectivity index (χ3n) is 5.68. The summed E-state index contributed by atoms with van der Waals surface area (Å²) in [4.78, 5) is 0. The summed E-state index contributed by atoms with van der Waals surface area (Å²) in [5.74, 6) is 0.915. The van der Waals surface area contributed by atoms with Crippen LogP contribution < -0.4 is 11.1 Å². The molecule has 4 saturated carbocycles. The fourth-order valence-corrected chi connectivity index (χ4v) is 6.09. The van der Waals surface area contributed by atoms with Crippen molar-refractivity contribution in [2.24, 2.45) is 22.5 Å². The summed E-state index contributed by atoms with van der Waals surface area (Å²) < 4.78 is 0. The van der Waals surface area contributed by atoms with E-state index in [1.165, 1.54) is 32.1 Å². The second-order valence-corrected chi connectivity index (χ2v) is 8.23. The van der Waals surface area contributed by atoms with Gasteiger partial charge in [0.1, 0.15) is 0 Å². The molecule has 5 atom stereocenters. The van der Waals surface area contributed by atoms with Crippen molar-refractivity contribution >= 4 is 0 Å². The summed E-state index contributed by atoms with van der Waals surface area (Å²) in [5, 5.41) is 3.86. The summed E-state index contributed by atoms with van der Waals surface area (Å²) in [6.07, 6.45) is 6.77. The molecule has 5 unspecified atom stereocenters. The van der Waals surface area contributed by atoms with Crippen molar-refractivity contribution < 1.29 is 0 Å². The van der Waals surface area contributed by atoms with Crippen molar-refractivity contribution in [1.29, 1.82) is 0 Å². The molecular weight excluding hydrogens is 208 g/mol. The maximum atomic E-state index is 6.68. The third-order valence-corrected chi connectivity index (χ3v) is 5.68. The first kappa shape index (κ1) is 12.0. The normalized spacial score (nSPS) is 56.8. The SMILES string of the molecule is CC(C)NC12CC3CC(C)(CC(C)(C3)C1N)C2. The van der Waals surface area contributed by atoms with Crippen LogP contribution >= 0.6 is 0 Å². The number of nitrogens with two attached hydrogens (primary N) is 1. The van der Waals surface area contributed by atoms with E-state index in [2.05, 4.69) is 33.0 Å². The van der Waals surface area contributed by atoms with Gasteiger partial charge in [-0.25, -0.2) is 0 Å². The summed E-state index contributed by atoms with van der Waals surface area (Å²) in [5.41, 5.74) is 7.85. The quantitative estimate of drug-likeness (QED) is 0.773.